The Bertz CT molecular complexity index is 4580. The van der Waals surface area contributed by atoms with Crippen molar-refractivity contribution in [3.63, 3.8) is 0 Å². The Balaban J connectivity index is 1.15. The van der Waals surface area contributed by atoms with Gasteiger partial charge in [-0.05, 0) is 151 Å². The Morgan fingerprint density at radius 2 is 0.855 bits per heavy atom. The third-order valence-electron chi connectivity index (χ3n) is 15.6. The Morgan fingerprint density at radius 1 is 0.319 bits per heavy atom. The van der Waals surface area contributed by atoms with E-state index < -0.39 is 0 Å². The van der Waals surface area contributed by atoms with Crippen LogP contribution in [0.4, 0.5) is 17.1 Å². The predicted octanol–water partition coefficient (Wildman–Crippen LogP) is 19.1. The highest BCUT2D eigenvalue weighted by atomic mass is 16.3. The highest BCUT2D eigenvalue weighted by molar-refractivity contribution is 6.37. The van der Waals surface area contributed by atoms with Gasteiger partial charge in [0.2, 0.25) is 0 Å². The Hall–Kier alpha value is -8.72. The molecule has 0 bridgehead atoms. The highest BCUT2D eigenvalue weighted by Gasteiger charge is 2.36. The molecule has 1 aliphatic rings. The maximum absolute atomic E-state index is 6.92. The largest absolute Gasteiger partial charge is 0.454 e. The molecule has 0 atom stereocenters. The normalized spacial score (nSPS) is 13.2. The zero-order chi connectivity index (χ0) is 45.5. The fraction of sp³-hybridized carbons (Fsp3) is 0.0448. The Kier molecular flexibility index (Phi) is 7.87. The van der Waals surface area contributed by atoms with Crippen LogP contribution in [0.2, 0.25) is 0 Å². The minimum atomic E-state index is -0.186. The van der Waals surface area contributed by atoms with E-state index in [1.54, 1.807) is 0 Å². The minimum absolute atomic E-state index is 0.186. The number of anilines is 3. The van der Waals surface area contributed by atoms with E-state index >= 15 is 0 Å². The molecule has 322 valence electrons. The van der Waals surface area contributed by atoms with E-state index in [2.05, 4.69) is 243 Å². The zero-order valence-electron chi connectivity index (χ0n) is 38.2. The lowest BCUT2D eigenvalue weighted by Gasteiger charge is -2.28. The number of hydrogen-bond acceptors (Lipinski definition) is 2. The number of rotatable bonds is 3. The van der Waals surface area contributed by atoms with Crippen molar-refractivity contribution in [3.05, 3.63) is 236 Å². The zero-order valence-corrected chi connectivity index (χ0v) is 38.2. The SMILES string of the molecule is CC1(C)c2ccccc2-c2ccc(N(c3ccc4c5ccccc5c5ccccc5c5ccccc5c5c(cc6ccc7cccc8ccc5c6c78)c4c3)c3cccc4c3oc3ccccc34)cc21. The second-order valence-electron chi connectivity index (χ2n) is 19.5. The summed E-state index contributed by atoms with van der Waals surface area (Å²) in [4.78, 5) is 2.45. The highest BCUT2D eigenvalue weighted by Crippen LogP contribution is 2.52. The van der Waals surface area contributed by atoms with Crippen LogP contribution in [0.15, 0.2) is 229 Å². The van der Waals surface area contributed by atoms with Crippen LogP contribution in [0.3, 0.4) is 0 Å². The van der Waals surface area contributed by atoms with Gasteiger partial charge in [-0.15, -0.1) is 0 Å². The van der Waals surface area contributed by atoms with Gasteiger partial charge in [0, 0.05) is 27.6 Å². The molecule has 0 amide bonds. The third-order valence-corrected chi connectivity index (χ3v) is 15.6. The van der Waals surface area contributed by atoms with Crippen molar-refractivity contribution in [1.29, 1.82) is 0 Å². The molecular weight excluding hydrogens is 835 g/mol. The molecule has 14 aromatic rings. The van der Waals surface area contributed by atoms with Crippen LogP contribution in [0.25, 0.3) is 119 Å². The molecular formula is C67H43NO. The van der Waals surface area contributed by atoms with Gasteiger partial charge in [0.15, 0.2) is 5.58 Å². The summed E-state index contributed by atoms with van der Waals surface area (Å²) in [5.74, 6) is 0. The van der Waals surface area contributed by atoms with Crippen LogP contribution in [0.5, 0.6) is 0 Å². The Morgan fingerprint density at radius 3 is 1.61 bits per heavy atom. The summed E-state index contributed by atoms with van der Waals surface area (Å²) in [5.41, 5.74) is 9.96. The summed E-state index contributed by atoms with van der Waals surface area (Å²) in [6.45, 7) is 4.73. The lowest BCUT2D eigenvalue weighted by molar-refractivity contribution is 0.660. The van der Waals surface area contributed by atoms with E-state index in [9.17, 15) is 0 Å². The van der Waals surface area contributed by atoms with E-state index in [4.69, 9.17) is 4.42 Å². The van der Waals surface area contributed by atoms with Crippen molar-refractivity contribution in [2.24, 2.45) is 0 Å². The molecule has 13 aromatic carbocycles. The number of furan rings is 1. The van der Waals surface area contributed by atoms with Crippen LogP contribution in [0, 0.1) is 0 Å². The van der Waals surface area contributed by atoms with Gasteiger partial charge in [0.05, 0.1) is 5.69 Å². The van der Waals surface area contributed by atoms with E-state index in [0.29, 0.717) is 0 Å². The van der Waals surface area contributed by atoms with Crippen LogP contribution in [-0.4, -0.2) is 0 Å². The molecule has 0 N–H and O–H groups in total. The molecule has 69 heavy (non-hydrogen) atoms. The number of fused-ring (bicyclic) bond motifs is 17. The maximum Gasteiger partial charge on any atom is 0.159 e. The van der Waals surface area contributed by atoms with Gasteiger partial charge in [-0.3, -0.25) is 0 Å². The van der Waals surface area contributed by atoms with Crippen molar-refractivity contribution in [2.45, 2.75) is 19.3 Å². The molecule has 0 saturated heterocycles. The van der Waals surface area contributed by atoms with Gasteiger partial charge >= 0.3 is 0 Å². The molecule has 2 nitrogen and oxygen atoms in total. The van der Waals surface area contributed by atoms with Crippen molar-refractivity contribution >= 4 is 125 Å². The van der Waals surface area contributed by atoms with Crippen molar-refractivity contribution < 1.29 is 4.42 Å². The van der Waals surface area contributed by atoms with Crippen molar-refractivity contribution in [2.75, 3.05) is 4.90 Å². The molecule has 0 unspecified atom stereocenters. The second-order valence-corrected chi connectivity index (χ2v) is 19.5. The number of para-hydroxylation sites is 2. The predicted molar refractivity (Wildman–Crippen MR) is 295 cm³/mol. The van der Waals surface area contributed by atoms with Gasteiger partial charge in [-0.1, -0.05) is 196 Å². The van der Waals surface area contributed by atoms with Crippen molar-refractivity contribution in [3.8, 4) is 11.1 Å². The molecule has 1 aliphatic carbocycles. The van der Waals surface area contributed by atoms with Gasteiger partial charge in [-0.25, -0.2) is 0 Å². The van der Waals surface area contributed by atoms with Gasteiger partial charge in [0.1, 0.15) is 5.58 Å². The molecule has 2 heteroatoms. The summed E-state index contributed by atoms with van der Waals surface area (Å²) in [7, 11) is 0. The van der Waals surface area contributed by atoms with Crippen LogP contribution in [-0.2, 0) is 5.41 Å². The lowest BCUT2D eigenvalue weighted by Crippen LogP contribution is -2.16. The standard InChI is InChI=1S/C67H43NO/c1-67(2)59-26-11-9-22-51(59)52-36-33-44(39-60(52)67)68(61-27-14-25-55-53-23-10-12-28-62(53)69-66(55)61)43-32-35-50-48-20-6-4-18-46(48)45-17-3-5-19-47(45)49-21-7-8-24-54(49)65-56-34-31-41-16-13-15-40-29-30-42(64(56)63(40)41)37-58(65)57(50)38-43/h3-39H,1-2H3. The van der Waals surface area contributed by atoms with Gasteiger partial charge in [0.25, 0.3) is 0 Å². The lowest BCUT2D eigenvalue weighted by atomic mass is 9.82. The number of nitrogens with zero attached hydrogens (tertiary/aromatic N) is 1. The topological polar surface area (TPSA) is 16.4 Å². The molecule has 1 heterocycles. The molecule has 0 fully saturated rings. The molecule has 0 aliphatic heterocycles. The monoisotopic (exact) mass is 877 g/mol. The fourth-order valence-corrected chi connectivity index (χ4v) is 12.5. The maximum atomic E-state index is 6.92. The molecule has 15 rings (SSSR count). The minimum Gasteiger partial charge on any atom is -0.454 e. The quantitative estimate of drug-likeness (QED) is 0.164. The number of benzene rings is 12. The first-order valence-corrected chi connectivity index (χ1v) is 24.1. The third kappa shape index (κ3) is 5.37. The van der Waals surface area contributed by atoms with Crippen LogP contribution in [0.1, 0.15) is 25.0 Å². The summed E-state index contributed by atoms with van der Waals surface area (Å²) in [6, 6.07) is 83.8. The van der Waals surface area contributed by atoms with Gasteiger partial charge < -0.3 is 9.32 Å². The Labute approximate surface area is 398 Å². The summed E-state index contributed by atoms with van der Waals surface area (Å²) in [6.07, 6.45) is 0. The second kappa shape index (κ2) is 14.2. The molecule has 0 radical (unpaired) electrons. The van der Waals surface area contributed by atoms with Crippen molar-refractivity contribution in [1.82, 2.24) is 0 Å². The smallest absolute Gasteiger partial charge is 0.159 e. The first kappa shape index (κ1) is 38.4. The molecule has 1 aromatic heterocycles. The van der Waals surface area contributed by atoms with E-state index in [-0.39, 0.29) is 5.41 Å². The fourth-order valence-electron chi connectivity index (χ4n) is 12.5. The van der Waals surface area contributed by atoms with Crippen LogP contribution >= 0.6 is 0 Å². The molecule has 0 saturated carbocycles. The first-order valence-electron chi connectivity index (χ1n) is 24.1. The summed E-state index contributed by atoms with van der Waals surface area (Å²) >= 11 is 0. The number of hydrogen-bond donors (Lipinski definition) is 0. The van der Waals surface area contributed by atoms with E-state index in [1.807, 2.05) is 0 Å². The summed E-state index contributed by atoms with van der Waals surface area (Å²) in [5, 5.41) is 21.9. The van der Waals surface area contributed by atoms with E-state index in [1.165, 1.54) is 108 Å². The summed E-state index contributed by atoms with van der Waals surface area (Å²) < 4.78 is 6.92. The van der Waals surface area contributed by atoms with E-state index in [0.717, 1.165) is 39.0 Å². The average Bonchev–Trinajstić information content (AvgIpc) is 3.89. The van der Waals surface area contributed by atoms with Gasteiger partial charge in [-0.2, -0.15) is 0 Å². The van der Waals surface area contributed by atoms with Crippen LogP contribution < -0.4 is 4.90 Å². The average molecular weight is 878 g/mol. The molecule has 0 spiro atoms. The first-order chi connectivity index (χ1) is 34.0.